The largest absolute Gasteiger partial charge is 0.487 e. The normalized spacial score (nSPS) is 11.1. The molecular formula is C22H13ClN2O5S. The molecule has 0 aliphatic carbocycles. The third-order valence-electron chi connectivity index (χ3n) is 4.50. The molecule has 7 nitrogen and oxygen atoms in total. The molecule has 0 radical (unpaired) electrons. The monoisotopic (exact) mass is 452 g/mol. The second kappa shape index (κ2) is 7.90. The minimum atomic E-state index is -0.305. The van der Waals surface area contributed by atoms with Gasteiger partial charge in [-0.15, -0.1) is 11.3 Å². The summed E-state index contributed by atoms with van der Waals surface area (Å²) in [6.07, 6.45) is 2.94. The fourth-order valence-corrected chi connectivity index (χ4v) is 3.86. The quantitative estimate of drug-likeness (QED) is 0.377. The predicted molar refractivity (Wildman–Crippen MR) is 118 cm³/mol. The van der Waals surface area contributed by atoms with Crippen molar-refractivity contribution in [3.8, 4) is 17.2 Å². The number of ether oxygens (including phenoxy) is 2. The number of benzene rings is 2. The average molecular weight is 453 g/mol. The smallest absolute Gasteiger partial charge is 0.258 e. The highest BCUT2D eigenvalue weighted by molar-refractivity contribution is 7.15. The van der Waals surface area contributed by atoms with Crippen LogP contribution in [-0.4, -0.2) is 9.38 Å². The van der Waals surface area contributed by atoms with Gasteiger partial charge in [-0.2, -0.15) is 0 Å². The van der Waals surface area contributed by atoms with Crippen LogP contribution < -0.4 is 20.5 Å². The number of nitrogens with zero attached hydrogens (tertiary/aromatic N) is 2. The zero-order chi connectivity index (χ0) is 21.4. The molecule has 5 aromatic rings. The van der Waals surface area contributed by atoms with Crippen molar-refractivity contribution >= 4 is 38.9 Å². The average Bonchev–Trinajstić information content (AvgIpc) is 3.25. The Morgan fingerprint density at radius 2 is 1.87 bits per heavy atom. The second-order valence-corrected chi connectivity index (χ2v) is 7.88. The van der Waals surface area contributed by atoms with E-state index in [9.17, 15) is 9.59 Å². The van der Waals surface area contributed by atoms with Crippen LogP contribution in [0.5, 0.6) is 17.2 Å². The maximum absolute atomic E-state index is 12.7. The summed E-state index contributed by atoms with van der Waals surface area (Å²) < 4.78 is 18.4. The van der Waals surface area contributed by atoms with Gasteiger partial charge in [0.25, 0.3) is 5.56 Å². The third kappa shape index (κ3) is 3.90. The van der Waals surface area contributed by atoms with E-state index in [4.69, 9.17) is 25.5 Å². The predicted octanol–water partition coefficient (Wildman–Crippen LogP) is 4.89. The molecule has 0 saturated heterocycles. The molecule has 0 amide bonds. The lowest BCUT2D eigenvalue weighted by atomic mass is 10.2. The molecule has 0 atom stereocenters. The topological polar surface area (TPSA) is 83.0 Å². The summed E-state index contributed by atoms with van der Waals surface area (Å²) in [5, 5.41) is 2.72. The van der Waals surface area contributed by atoms with Crippen LogP contribution in [0, 0.1) is 0 Å². The molecule has 9 heteroatoms. The zero-order valence-corrected chi connectivity index (χ0v) is 17.4. The fourth-order valence-electron chi connectivity index (χ4n) is 3.00. The highest BCUT2D eigenvalue weighted by Crippen LogP contribution is 2.25. The first kappa shape index (κ1) is 19.3. The molecule has 3 aromatic heterocycles. The van der Waals surface area contributed by atoms with E-state index in [1.54, 1.807) is 54.0 Å². The van der Waals surface area contributed by atoms with Gasteiger partial charge in [0.1, 0.15) is 30.0 Å². The Balaban J connectivity index is 1.37. The van der Waals surface area contributed by atoms with Gasteiger partial charge in [0, 0.05) is 28.7 Å². The number of rotatable bonds is 5. The van der Waals surface area contributed by atoms with Crippen LogP contribution in [0.4, 0.5) is 0 Å². The van der Waals surface area contributed by atoms with Crippen molar-refractivity contribution in [2.75, 3.05) is 0 Å². The zero-order valence-electron chi connectivity index (χ0n) is 15.8. The van der Waals surface area contributed by atoms with Gasteiger partial charge in [0.2, 0.25) is 11.2 Å². The van der Waals surface area contributed by atoms with Crippen LogP contribution in [0.1, 0.15) is 5.69 Å². The van der Waals surface area contributed by atoms with Gasteiger partial charge in [-0.05, 0) is 36.4 Å². The summed E-state index contributed by atoms with van der Waals surface area (Å²) in [6, 6.07) is 13.0. The Bertz CT molecular complexity index is 1520. The summed E-state index contributed by atoms with van der Waals surface area (Å²) in [7, 11) is 0. The van der Waals surface area contributed by atoms with Gasteiger partial charge in [0.05, 0.1) is 11.1 Å². The summed E-state index contributed by atoms with van der Waals surface area (Å²) in [6.45, 7) is 0.108. The fraction of sp³-hybridized carbons (Fsp3) is 0.0455. The maximum Gasteiger partial charge on any atom is 0.258 e. The van der Waals surface area contributed by atoms with Crippen molar-refractivity contribution in [1.82, 2.24) is 9.38 Å². The van der Waals surface area contributed by atoms with Crippen LogP contribution in [0.3, 0.4) is 0 Å². The van der Waals surface area contributed by atoms with Gasteiger partial charge in [-0.1, -0.05) is 11.6 Å². The van der Waals surface area contributed by atoms with Crippen molar-refractivity contribution in [2.24, 2.45) is 0 Å². The summed E-state index contributed by atoms with van der Waals surface area (Å²) >= 11 is 7.24. The van der Waals surface area contributed by atoms with Gasteiger partial charge in [0.15, 0.2) is 4.96 Å². The van der Waals surface area contributed by atoms with Crippen LogP contribution in [-0.2, 0) is 6.61 Å². The lowest BCUT2D eigenvalue weighted by Crippen LogP contribution is -2.14. The Morgan fingerprint density at radius 3 is 2.71 bits per heavy atom. The minimum Gasteiger partial charge on any atom is -0.487 e. The lowest BCUT2D eigenvalue weighted by molar-refractivity contribution is 0.301. The van der Waals surface area contributed by atoms with E-state index in [1.165, 1.54) is 28.1 Å². The van der Waals surface area contributed by atoms with E-state index >= 15 is 0 Å². The van der Waals surface area contributed by atoms with Crippen molar-refractivity contribution in [2.45, 2.75) is 6.61 Å². The van der Waals surface area contributed by atoms with E-state index in [2.05, 4.69) is 4.98 Å². The Morgan fingerprint density at radius 1 is 1.06 bits per heavy atom. The molecule has 31 heavy (non-hydrogen) atoms. The van der Waals surface area contributed by atoms with Gasteiger partial charge >= 0.3 is 0 Å². The Hall–Kier alpha value is -3.62. The summed E-state index contributed by atoms with van der Waals surface area (Å²) in [4.78, 5) is 29.8. The first-order valence-corrected chi connectivity index (χ1v) is 10.4. The molecule has 154 valence electrons. The van der Waals surface area contributed by atoms with Crippen molar-refractivity contribution in [1.29, 1.82) is 0 Å². The number of thiazole rings is 1. The van der Waals surface area contributed by atoms with E-state index in [0.29, 0.717) is 38.1 Å². The van der Waals surface area contributed by atoms with Crippen molar-refractivity contribution in [3.05, 3.63) is 97.7 Å². The lowest BCUT2D eigenvalue weighted by Gasteiger charge is -2.08. The molecule has 0 aliphatic rings. The molecule has 0 N–H and O–H groups in total. The van der Waals surface area contributed by atoms with Crippen molar-refractivity contribution < 1.29 is 13.9 Å². The number of halogens is 1. The van der Waals surface area contributed by atoms with Gasteiger partial charge < -0.3 is 13.9 Å². The first-order chi connectivity index (χ1) is 15.1. The molecule has 0 bridgehead atoms. The number of aromatic nitrogens is 2. The van der Waals surface area contributed by atoms with Crippen LogP contribution in [0.2, 0.25) is 5.02 Å². The molecule has 2 aromatic carbocycles. The molecule has 5 rings (SSSR count). The molecule has 0 spiro atoms. The molecular weight excluding hydrogens is 440 g/mol. The highest BCUT2D eigenvalue weighted by Gasteiger charge is 2.11. The molecule has 0 fully saturated rings. The summed E-state index contributed by atoms with van der Waals surface area (Å²) in [5.74, 6) is 1.02. The molecule has 0 saturated carbocycles. The van der Waals surface area contributed by atoms with Gasteiger partial charge in [-0.25, -0.2) is 4.98 Å². The minimum absolute atomic E-state index is 0.0671. The van der Waals surface area contributed by atoms with Crippen molar-refractivity contribution in [3.63, 3.8) is 0 Å². The van der Waals surface area contributed by atoms with Crippen LogP contribution >= 0.6 is 22.9 Å². The number of hydrogen-bond acceptors (Lipinski definition) is 7. The summed E-state index contributed by atoms with van der Waals surface area (Å²) in [5.41, 5.74) is 0.400. The number of fused-ring (bicyclic) bond motifs is 2. The molecule has 0 aliphatic heterocycles. The second-order valence-electron chi connectivity index (χ2n) is 6.57. The van der Waals surface area contributed by atoms with Gasteiger partial charge in [-0.3, -0.25) is 14.0 Å². The Kier molecular flexibility index (Phi) is 4.93. The molecule has 0 unspecified atom stereocenters. The SMILES string of the molecule is O=c1c(Oc2ccc(Cl)cc2)coc2cc(OCc3cc(=O)n4ccsc4n3)ccc12. The Labute approximate surface area is 183 Å². The maximum atomic E-state index is 12.7. The highest BCUT2D eigenvalue weighted by atomic mass is 35.5. The van der Waals surface area contributed by atoms with E-state index in [-0.39, 0.29) is 23.3 Å². The first-order valence-electron chi connectivity index (χ1n) is 9.14. The number of hydrogen-bond donors (Lipinski definition) is 0. The third-order valence-corrected chi connectivity index (χ3v) is 5.51. The van der Waals surface area contributed by atoms with Crippen LogP contribution in [0.25, 0.3) is 15.9 Å². The molecule has 3 heterocycles. The van der Waals surface area contributed by atoms with E-state index < -0.39 is 0 Å². The van der Waals surface area contributed by atoms with E-state index in [1.807, 2.05) is 0 Å². The van der Waals surface area contributed by atoms with Crippen LogP contribution in [0.15, 0.2) is 80.4 Å². The van der Waals surface area contributed by atoms with E-state index in [0.717, 1.165) is 0 Å². The standard InChI is InChI=1S/C22H13ClN2O5S/c23-13-1-3-15(4-2-13)30-19-12-29-18-10-16(5-6-17(18)21(19)27)28-11-14-9-20(26)25-7-8-31-22(25)24-14/h1-10,12H,11H2.